The molecule has 0 atom stereocenters. The van der Waals surface area contributed by atoms with Gasteiger partial charge in [-0.25, -0.2) is 4.39 Å². The van der Waals surface area contributed by atoms with Crippen molar-refractivity contribution in [1.29, 1.82) is 0 Å². The van der Waals surface area contributed by atoms with E-state index in [0.29, 0.717) is 28.7 Å². The highest BCUT2D eigenvalue weighted by Gasteiger charge is 2.22. The highest BCUT2D eigenvalue weighted by molar-refractivity contribution is 5.83. The Kier molecular flexibility index (Phi) is 4.98. The molecule has 2 aliphatic rings. The first kappa shape index (κ1) is 17.5. The van der Waals surface area contributed by atoms with E-state index in [9.17, 15) is 9.18 Å². The van der Waals surface area contributed by atoms with Gasteiger partial charge in [-0.1, -0.05) is 32.1 Å². The molecule has 4 rings (SSSR count). The van der Waals surface area contributed by atoms with Crippen molar-refractivity contribution in [3.63, 3.8) is 0 Å². The van der Waals surface area contributed by atoms with Crippen molar-refractivity contribution in [3.05, 3.63) is 39.9 Å². The molecule has 0 saturated heterocycles. The molecule has 0 unspecified atom stereocenters. The van der Waals surface area contributed by atoms with Crippen LogP contribution in [0.4, 0.5) is 10.1 Å². The number of halogens is 1. The lowest BCUT2D eigenvalue weighted by atomic mass is 9.95. The molecule has 5 heteroatoms. The van der Waals surface area contributed by atoms with Crippen molar-refractivity contribution in [1.82, 2.24) is 4.57 Å². The number of hydrogen-bond donors (Lipinski definition) is 2. The predicted molar refractivity (Wildman–Crippen MR) is 104 cm³/mol. The second kappa shape index (κ2) is 7.39. The standard InChI is InChI=1S/C21H28FN3O/c22-18-10-17-20(11-19(18)24-15-6-2-1-3-7-15)25(16-8-4-5-9-16)13-14(12-23)21(17)26/h10-11,13,15-16,24H,1-9,12,23H2. The summed E-state index contributed by atoms with van der Waals surface area (Å²) in [4.78, 5) is 12.7. The second-order valence-electron chi connectivity index (χ2n) is 7.86. The van der Waals surface area contributed by atoms with Crippen LogP contribution < -0.4 is 16.5 Å². The van der Waals surface area contributed by atoms with Crippen molar-refractivity contribution >= 4 is 16.6 Å². The Hall–Kier alpha value is -1.88. The molecule has 0 radical (unpaired) electrons. The molecule has 0 spiro atoms. The van der Waals surface area contributed by atoms with Gasteiger partial charge < -0.3 is 15.6 Å². The lowest BCUT2D eigenvalue weighted by molar-refractivity contribution is 0.460. The number of anilines is 1. The first-order chi connectivity index (χ1) is 12.7. The number of benzene rings is 1. The first-order valence-corrected chi connectivity index (χ1v) is 10.0. The number of hydrogen-bond acceptors (Lipinski definition) is 3. The van der Waals surface area contributed by atoms with Crippen molar-refractivity contribution in [2.75, 3.05) is 5.32 Å². The predicted octanol–water partition coefficient (Wildman–Crippen LogP) is 4.46. The summed E-state index contributed by atoms with van der Waals surface area (Å²) in [6.45, 7) is 0.186. The van der Waals surface area contributed by atoms with Crippen molar-refractivity contribution in [3.8, 4) is 0 Å². The summed E-state index contributed by atoms with van der Waals surface area (Å²) in [5.41, 5.74) is 7.57. The van der Waals surface area contributed by atoms with Crippen LogP contribution in [0.2, 0.25) is 0 Å². The molecule has 26 heavy (non-hydrogen) atoms. The Balaban J connectivity index is 1.81. The second-order valence-corrected chi connectivity index (χ2v) is 7.86. The Morgan fingerprint density at radius 3 is 2.46 bits per heavy atom. The fourth-order valence-corrected chi connectivity index (χ4v) is 4.63. The molecular weight excluding hydrogens is 329 g/mol. The van der Waals surface area contributed by atoms with Gasteiger partial charge in [0, 0.05) is 35.8 Å². The van der Waals surface area contributed by atoms with Crippen LogP contribution >= 0.6 is 0 Å². The Morgan fingerprint density at radius 2 is 1.77 bits per heavy atom. The number of rotatable bonds is 4. The Morgan fingerprint density at radius 1 is 1.08 bits per heavy atom. The maximum atomic E-state index is 14.8. The van der Waals surface area contributed by atoms with Crippen LogP contribution in [0.25, 0.3) is 10.9 Å². The molecule has 2 saturated carbocycles. The van der Waals surface area contributed by atoms with E-state index >= 15 is 0 Å². The summed E-state index contributed by atoms with van der Waals surface area (Å²) >= 11 is 0. The normalized spacial score (nSPS) is 19.3. The third kappa shape index (κ3) is 3.25. The minimum atomic E-state index is -0.340. The molecule has 3 N–H and O–H groups in total. The zero-order valence-corrected chi connectivity index (χ0v) is 15.3. The molecular formula is C21H28FN3O. The van der Waals surface area contributed by atoms with Gasteiger partial charge in [-0.3, -0.25) is 4.79 Å². The van der Waals surface area contributed by atoms with E-state index in [1.165, 1.54) is 38.2 Å². The number of fused-ring (bicyclic) bond motifs is 1. The fourth-order valence-electron chi connectivity index (χ4n) is 4.63. The molecule has 2 fully saturated rings. The number of pyridine rings is 1. The van der Waals surface area contributed by atoms with E-state index in [1.54, 1.807) is 0 Å². The first-order valence-electron chi connectivity index (χ1n) is 10.0. The highest BCUT2D eigenvalue weighted by Crippen LogP contribution is 2.33. The number of nitrogens with two attached hydrogens (primary N) is 1. The van der Waals surface area contributed by atoms with E-state index in [2.05, 4.69) is 9.88 Å². The summed E-state index contributed by atoms with van der Waals surface area (Å²) < 4.78 is 16.9. The van der Waals surface area contributed by atoms with Gasteiger partial charge in [-0.05, 0) is 37.8 Å². The van der Waals surface area contributed by atoms with Gasteiger partial charge in [-0.2, -0.15) is 0 Å². The summed E-state index contributed by atoms with van der Waals surface area (Å²) in [7, 11) is 0. The van der Waals surface area contributed by atoms with E-state index in [-0.39, 0.29) is 17.8 Å². The molecule has 1 aromatic carbocycles. The maximum absolute atomic E-state index is 14.8. The van der Waals surface area contributed by atoms with E-state index in [1.807, 2.05) is 12.3 Å². The third-order valence-corrected chi connectivity index (χ3v) is 6.10. The van der Waals surface area contributed by atoms with Gasteiger partial charge >= 0.3 is 0 Å². The van der Waals surface area contributed by atoms with Crippen molar-refractivity contribution in [2.24, 2.45) is 5.73 Å². The number of nitrogens with zero attached hydrogens (tertiary/aromatic N) is 1. The quantitative estimate of drug-likeness (QED) is 0.849. The van der Waals surface area contributed by atoms with Crippen LogP contribution in [-0.4, -0.2) is 10.6 Å². The van der Waals surface area contributed by atoms with Gasteiger partial charge in [-0.15, -0.1) is 0 Å². The van der Waals surface area contributed by atoms with Gasteiger partial charge in [0.25, 0.3) is 0 Å². The highest BCUT2D eigenvalue weighted by atomic mass is 19.1. The largest absolute Gasteiger partial charge is 0.380 e. The maximum Gasteiger partial charge on any atom is 0.193 e. The molecule has 2 aromatic rings. The van der Waals surface area contributed by atoms with Gasteiger partial charge in [0.05, 0.1) is 11.2 Å². The van der Waals surface area contributed by atoms with Crippen molar-refractivity contribution in [2.45, 2.75) is 76.4 Å². The lowest BCUT2D eigenvalue weighted by Crippen LogP contribution is -2.24. The van der Waals surface area contributed by atoms with Gasteiger partial charge in [0.2, 0.25) is 0 Å². The zero-order chi connectivity index (χ0) is 18.1. The van der Waals surface area contributed by atoms with Crippen LogP contribution in [0.15, 0.2) is 23.1 Å². The van der Waals surface area contributed by atoms with Crippen LogP contribution in [0.1, 0.15) is 69.4 Å². The van der Waals surface area contributed by atoms with Gasteiger partial charge in [0.1, 0.15) is 5.82 Å². The lowest BCUT2D eigenvalue weighted by Gasteiger charge is -2.25. The Labute approximate surface area is 153 Å². The van der Waals surface area contributed by atoms with Crippen LogP contribution in [0, 0.1) is 5.82 Å². The summed E-state index contributed by atoms with van der Waals surface area (Å²) in [6, 6.07) is 3.95. The average Bonchev–Trinajstić information content (AvgIpc) is 3.19. The van der Waals surface area contributed by atoms with Crippen LogP contribution in [-0.2, 0) is 6.54 Å². The molecule has 1 aromatic heterocycles. The average molecular weight is 357 g/mol. The monoisotopic (exact) mass is 357 g/mol. The third-order valence-electron chi connectivity index (χ3n) is 6.10. The zero-order valence-electron chi connectivity index (χ0n) is 15.3. The SMILES string of the molecule is NCc1cn(C2CCCC2)c2cc(NC3CCCCC3)c(F)cc2c1=O. The van der Waals surface area contributed by atoms with Crippen LogP contribution in [0.5, 0.6) is 0 Å². The van der Waals surface area contributed by atoms with Crippen molar-refractivity contribution < 1.29 is 4.39 Å². The summed E-state index contributed by atoms with van der Waals surface area (Å²) in [6.07, 6.45) is 12.3. The molecule has 0 aliphatic heterocycles. The molecule has 4 nitrogen and oxygen atoms in total. The fraction of sp³-hybridized carbons (Fsp3) is 0.571. The molecule has 0 amide bonds. The number of nitrogens with one attached hydrogen (secondary N) is 1. The molecule has 140 valence electrons. The molecule has 2 aliphatic carbocycles. The number of aromatic nitrogens is 1. The summed E-state index contributed by atoms with van der Waals surface area (Å²) in [5, 5.41) is 3.84. The molecule has 1 heterocycles. The summed E-state index contributed by atoms with van der Waals surface area (Å²) in [5.74, 6) is -0.340. The topological polar surface area (TPSA) is 60.0 Å². The Bertz CT molecular complexity index is 848. The smallest absolute Gasteiger partial charge is 0.193 e. The van der Waals surface area contributed by atoms with E-state index in [0.717, 1.165) is 31.2 Å². The van der Waals surface area contributed by atoms with Crippen LogP contribution in [0.3, 0.4) is 0 Å². The molecule has 0 bridgehead atoms. The van der Waals surface area contributed by atoms with Gasteiger partial charge in [0.15, 0.2) is 5.43 Å². The minimum absolute atomic E-state index is 0.139. The minimum Gasteiger partial charge on any atom is -0.380 e. The van der Waals surface area contributed by atoms with E-state index < -0.39 is 0 Å². The van der Waals surface area contributed by atoms with E-state index in [4.69, 9.17) is 5.73 Å².